The Morgan fingerprint density at radius 1 is 1.03 bits per heavy atom. The maximum atomic E-state index is 13.1. The lowest BCUT2D eigenvalue weighted by Crippen LogP contribution is -2.40. The van der Waals surface area contributed by atoms with Gasteiger partial charge in [0.1, 0.15) is 0 Å². The fraction of sp³-hybridized carbons (Fsp3) is 0.333. The summed E-state index contributed by atoms with van der Waals surface area (Å²) in [5.74, 6) is -2.09. The molecular weight excluding hydrogens is 402 g/mol. The fourth-order valence-electron chi connectivity index (χ4n) is 4.07. The number of rotatable bonds is 7. The number of anilines is 1. The summed E-state index contributed by atoms with van der Waals surface area (Å²) in [7, 11) is 2.75. The van der Waals surface area contributed by atoms with Crippen molar-refractivity contribution in [2.45, 2.75) is 18.9 Å². The van der Waals surface area contributed by atoms with Gasteiger partial charge in [-0.3, -0.25) is 9.59 Å². The summed E-state index contributed by atoms with van der Waals surface area (Å²) >= 11 is 6.03. The molecule has 30 heavy (non-hydrogen) atoms. The van der Waals surface area contributed by atoms with Gasteiger partial charge >= 0.3 is 11.9 Å². The molecule has 0 radical (unpaired) electrons. The molecule has 6 heteroatoms. The number of ether oxygens (including phenoxy) is 2. The first-order chi connectivity index (χ1) is 14.5. The molecule has 5 nitrogen and oxygen atoms in total. The molecule has 1 aliphatic carbocycles. The lowest BCUT2D eigenvalue weighted by Gasteiger charge is -2.36. The van der Waals surface area contributed by atoms with Crippen LogP contribution in [0, 0.1) is 17.8 Å². The van der Waals surface area contributed by atoms with Crippen LogP contribution < -0.4 is 5.32 Å². The van der Waals surface area contributed by atoms with Crippen LogP contribution in [0.4, 0.5) is 5.69 Å². The molecule has 1 N–H and O–H groups in total. The van der Waals surface area contributed by atoms with Gasteiger partial charge in [0.15, 0.2) is 0 Å². The fourth-order valence-corrected chi connectivity index (χ4v) is 4.20. The van der Waals surface area contributed by atoms with E-state index in [1.165, 1.54) is 14.2 Å². The molecule has 0 unspecified atom stereocenters. The lowest BCUT2D eigenvalue weighted by molar-refractivity contribution is -0.153. The van der Waals surface area contributed by atoms with Gasteiger partial charge in [-0.2, -0.15) is 0 Å². The molecule has 1 aliphatic rings. The molecule has 4 atom stereocenters. The first kappa shape index (κ1) is 21.9. The van der Waals surface area contributed by atoms with Crippen molar-refractivity contribution in [2.24, 2.45) is 17.8 Å². The highest BCUT2D eigenvalue weighted by Gasteiger charge is 2.43. The summed E-state index contributed by atoms with van der Waals surface area (Å²) in [6.07, 6.45) is 5.37. The van der Waals surface area contributed by atoms with Gasteiger partial charge in [0.25, 0.3) is 0 Å². The van der Waals surface area contributed by atoms with Crippen LogP contribution >= 0.6 is 11.6 Å². The van der Waals surface area contributed by atoms with Gasteiger partial charge in [0.2, 0.25) is 0 Å². The molecular formula is C24H26ClNO4. The number of hydrogen-bond acceptors (Lipinski definition) is 5. The molecule has 158 valence electrons. The summed E-state index contributed by atoms with van der Waals surface area (Å²) in [5, 5.41) is 4.09. The number of benzene rings is 2. The van der Waals surface area contributed by atoms with Gasteiger partial charge in [-0.15, -0.1) is 0 Å². The average molecular weight is 428 g/mol. The topological polar surface area (TPSA) is 64.6 Å². The van der Waals surface area contributed by atoms with E-state index in [2.05, 4.69) is 5.32 Å². The predicted molar refractivity (Wildman–Crippen MR) is 117 cm³/mol. The lowest BCUT2D eigenvalue weighted by atomic mass is 9.72. The van der Waals surface area contributed by atoms with Crippen LogP contribution in [0.2, 0.25) is 5.02 Å². The molecule has 0 saturated heterocycles. The number of halogens is 1. The van der Waals surface area contributed by atoms with Crippen molar-refractivity contribution < 1.29 is 19.1 Å². The summed E-state index contributed by atoms with van der Waals surface area (Å²) in [5.41, 5.74) is 1.74. The average Bonchev–Trinajstić information content (AvgIpc) is 2.80. The van der Waals surface area contributed by atoms with E-state index in [0.717, 1.165) is 17.7 Å². The number of esters is 2. The van der Waals surface area contributed by atoms with E-state index in [4.69, 9.17) is 21.1 Å². The molecule has 0 saturated carbocycles. The van der Waals surface area contributed by atoms with Crippen LogP contribution in [0.25, 0.3) is 0 Å². The Hall–Kier alpha value is -2.79. The zero-order valence-corrected chi connectivity index (χ0v) is 17.8. The SMILES string of the molecule is COC(=O)[C@H]([C@H]1C=CCC[C@H]1C(=O)OC)[C@H](Nc1ccc(Cl)cc1)c1ccccc1. The second-order valence-electron chi connectivity index (χ2n) is 7.30. The van der Waals surface area contributed by atoms with E-state index in [1.807, 2.05) is 54.6 Å². The number of allylic oxidation sites excluding steroid dienone is 2. The van der Waals surface area contributed by atoms with Crippen LogP contribution in [0.3, 0.4) is 0 Å². The second kappa shape index (κ2) is 10.3. The highest BCUT2D eigenvalue weighted by atomic mass is 35.5. The van der Waals surface area contributed by atoms with Crippen molar-refractivity contribution in [3.05, 3.63) is 77.3 Å². The second-order valence-corrected chi connectivity index (χ2v) is 7.74. The number of hydrogen-bond donors (Lipinski definition) is 1. The van der Waals surface area contributed by atoms with E-state index in [-0.39, 0.29) is 17.9 Å². The number of carbonyl (C=O) groups is 2. The maximum absolute atomic E-state index is 13.1. The van der Waals surface area contributed by atoms with Gasteiger partial charge in [-0.25, -0.2) is 0 Å². The normalized spacial score (nSPS) is 20.1. The quantitative estimate of drug-likeness (QED) is 0.495. The molecule has 2 aromatic rings. The van der Waals surface area contributed by atoms with Crippen LogP contribution in [0.15, 0.2) is 66.7 Å². The highest BCUT2D eigenvalue weighted by molar-refractivity contribution is 6.30. The first-order valence-electron chi connectivity index (χ1n) is 9.94. The van der Waals surface area contributed by atoms with E-state index in [0.29, 0.717) is 11.4 Å². The summed E-state index contributed by atoms with van der Waals surface area (Å²) in [4.78, 5) is 25.6. The van der Waals surface area contributed by atoms with Crippen LogP contribution in [0.5, 0.6) is 0 Å². The molecule has 2 aromatic carbocycles. The minimum atomic E-state index is -0.631. The standard InChI is InChI=1S/C24H26ClNO4/c1-29-23(27)20-11-7-6-10-19(20)21(24(28)30-2)22(16-8-4-3-5-9-16)26-18-14-12-17(25)13-15-18/h3-6,8-10,12-15,19-22,26H,7,11H2,1-2H3/t19-,20+,21+,22+/m0/s1. The van der Waals surface area contributed by atoms with Gasteiger partial charge in [-0.05, 0) is 42.7 Å². The van der Waals surface area contributed by atoms with Crippen molar-refractivity contribution in [1.29, 1.82) is 0 Å². The Bertz CT molecular complexity index is 882. The maximum Gasteiger partial charge on any atom is 0.311 e. The van der Waals surface area contributed by atoms with Gasteiger partial charge in [0.05, 0.1) is 32.1 Å². The Morgan fingerprint density at radius 2 is 1.73 bits per heavy atom. The van der Waals surface area contributed by atoms with Crippen LogP contribution in [-0.2, 0) is 19.1 Å². The third-order valence-electron chi connectivity index (χ3n) is 5.54. The zero-order valence-electron chi connectivity index (χ0n) is 17.1. The van der Waals surface area contributed by atoms with E-state index in [9.17, 15) is 9.59 Å². The largest absolute Gasteiger partial charge is 0.469 e. The van der Waals surface area contributed by atoms with Gasteiger partial charge < -0.3 is 14.8 Å². The Balaban J connectivity index is 2.06. The summed E-state index contributed by atoms with van der Waals surface area (Å²) in [6, 6.07) is 16.6. The minimum Gasteiger partial charge on any atom is -0.469 e. The van der Waals surface area contributed by atoms with Gasteiger partial charge in [0, 0.05) is 16.6 Å². The summed E-state index contributed by atoms with van der Waals surface area (Å²) in [6.45, 7) is 0. The summed E-state index contributed by atoms with van der Waals surface area (Å²) < 4.78 is 10.2. The van der Waals surface area contributed by atoms with Crippen LogP contribution in [-0.4, -0.2) is 26.2 Å². The highest BCUT2D eigenvalue weighted by Crippen LogP contribution is 2.40. The van der Waals surface area contributed by atoms with Crippen molar-refractivity contribution in [2.75, 3.05) is 19.5 Å². The molecule has 0 amide bonds. The van der Waals surface area contributed by atoms with Crippen molar-refractivity contribution in [3.63, 3.8) is 0 Å². The molecule has 0 aromatic heterocycles. The van der Waals surface area contributed by atoms with Crippen molar-refractivity contribution in [1.82, 2.24) is 0 Å². The molecule has 0 aliphatic heterocycles. The third kappa shape index (κ3) is 5.03. The molecule has 0 spiro atoms. The predicted octanol–water partition coefficient (Wildman–Crippen LogP) is 5.04. The molecule has 0 fully saturated rings. The van der Waals surface area contributed by atoms with Crippen molar-refractivity contribution >= 4 is 29.2 Å². The van der Waals surface area contributed by atoms with Gasteiger partial charge in [-0.1, -0.05) is 54.1 Å². The van der Waals surface area contributed by atoms with Crippen LogP contribution in [0.1, 0.15) is 24.4 Å². The Kier molecular flexibility index (Phi) is 7.52. The number of nitrogens with one attached hydrogen (secondary N) is 1. The minimum absolute atomic E-state index is 0.309. The van der Waals surface area contributed by atoms with Crippen molar-refractivity contribution in [3.8, 4) is 0 Å². The molecule has 0 heterocycles. The number of carbonyl (C=O) groups excluding carboxylic acids is 2. The smallest absolute Gasteiger partial charge is 0.311 e. The number of methoxy groups -OCH3 is 2. The van der Waals surface area contributed by atoms with E-state index in [1.54, 1.807) is 12.1 Å². The zero-order chi connectivity index (χ0) is 21.5. The molecule has 0 bridgehead atoms. The Morgan fingerprint density at radius 3 is 2.37 bits per heavy atom. The third-order valence-corrected chi connectivity index (χ3v) is 5.80. The van der Waals surface area contributed by atoms with E-state index >= 15 is 0 Å². The molecule has 3 rings (SSSR count). The first-order valence-corrected chi connectivity index (χ1v) is 10.3. The monoisotopic (exact) mass is 427 g/mol. The Labute approximate surface area is 182 Å². The van der Waals surface area contributed by atoms with E-state index < -0.39 is 17.9 Å².